The van der Waals surface area contributed by atoms with Crippen molar-refractivity contribution in [2.75, 3.05) is 4.72 Å². The molecule has 0 aliphatic carbocycles. The Morgan fingerprint density at radius 3 is 2.26 bits per heavy atom. The minimum atomic E-state index is -3.99. The summed E-state index contributed by atoms with van der Waals surface area (Å²) in [5, 5.41) is 9.10. The lowest BCUT2D eigenvalue weighted by Crippen LogP contribution is -2.29. The predicted molar refractivity (Wildman–Crippen MR) is 128 cm³/mol. The van der Waals surface area contributed by atoms with Crippen LogP contribution in [0.3, 0.4) is 0 Å². The Balaban J connectivity index is 1.63. The van der Waals surface area contributed by atoms with Gasteiger partial charge in [0.15, 0.2) is 0 Å². The first-order valence-corrected chi connectivity index (χ1v) is 12.1. The molecule has 1 aliphatic heterocycles. The summed E-state index contributed by atoms with van der Waals surface area (Å²) < 4.78 is 28.6. The van der Waals surface area contributed by atoms with Crippen molar-refractivity contribution in [1.29, 1.82) is 5.26 Å². The number of carbonyl (C=O) groups excluding carboxylic acids is 2. The molecule has 4 rings (SSSR count). The number of carbonyl (C=O) groups is 2. The van der Waals surface area contributed by atoms with E-state index in [-0.39, 0.29) is 33.7 Å². The van der Waals surface area contributed by atoms with E-state index in [9.17, 15) is 18.0 Å². The van der Waals surface area contributed by atoms with Gasteiger partial charge in [-0.2, -0.15) is 5.26 Å². The van der Waals surface area contributed by atoms with E-state index in [0.29, 0.717) is 11.1 Å². The maximum Gasteiger partial charge on any atom is 0.264 e. The molecule has 1 N–H and O–H groups in total. The standard InChI is InChI=1S/C26H23N3O4S/c1-26(2,3)19-10-12-20(13-11-19)34(32,33)28-22-9-5-8-21-23(22)25(31)29(24(21)30)16-18-7-4-6-17(14-18)15-27/h4-14,28H,16H2,1-3H3. The van der Waals surface area contributed by atoms with E-state index >= 15 is 0 Å². The summed E-state index contributed by atoms with van der Waals surface area (Å²) in [6, 6.07) is 19.7. The summed E-state index contributed by atoms with van der Waals surface area (Å²) in [6.45, 7) is 6.08. The van der Waals surface area contributed by atoms with E-state index in [4.69, 9.17) is 5.26 Å². The minimum absolute atomic E-state index is 0.0128. The summed E-state index contributed by atoms with van der Waals surface area (Å²) >= 11 is 0. The first-order chi connectivity index (χ1) is 16.0. The second kappa shape index (κ2) is 8.43. The van der Waals surface area contributed by atoms with E-state index in [1.807, 2.05) is 26.8 Å². The molecule has 3 aromatic carbocycles. The number of nitriles is 1. The molecule has 0 unspecified atom stereocenters. The fourth-order valence-corrected chi connectivity index (χ4v) is 4.89. The van der Waals surface area contributed by atoms with Crippen LogP contribution in [0.2, 0.25) is 0 Å². The molecule has 0 atom stereocenters. The molecule has 8 heteroatoms. The summed E-state index contributed by atoms with van der Waals surface area (Å²) in [7, 11) is -3.99. The summed E-state index contributed by atoms with van der Waals surface area (Å²) in [5.41, 5.74) is 2.09. The highest BCUT2D eigenvalue weighted by atomic mass is 32.2. The molecule has 7 nitrogen and oxygen atoms in total. The molecule has 3 aromatic rings. The second-order valence-electron chi connectivity index (χ2n) is 9.12. The number of rotatable bonds is 5. The monoisotopic (exact) mass is 473 g/mol. The van der Waals surface area contributed by atoms with Crippen LogP contribution in [0.1, 0.15) is 58.2 Å². The van der Waals surface area contributed by atoms with Crippen LogP contribution in [0.15, 0.2) is 71.6 Å². The van der Waals surface area contributed by atoms with Crippen molar-refractivity contribution in [2.24, 2.45) is 0 Å². The zero-order valence-corrected chi connectivity index (χ0v) is 19.8. The van der Waals surface area contributed by atoms with Crippen LogP contribution in [-0.2, 0) is 22.0 Å². The molecule has 0 saturated heterocycles. The molecule has 34 heavy (non-hydrogen) atoms. The highest BCUT2D eigenvalue weighted by Crippen LogP contribution is 2.32. The molecule has 1 aliphatic rings. The van der Waals surface area contributed by atoms with Gasteiger partial charge in [0.2, 0.25) is 0 Å². The molecular formula is C26H23N3O4S. The number of hydrogen-bond donors (Lipinski definition) is 1. The molecule has 0 radical (unpaired) electrons. The maximum absolute atomic E-state index is 13.2. The largest absolute Gasteiger partial charge is 0.279 e. The number of anilines is 1. The van der Waals surface area contributed by atoms with E-state index in [2.05, 4.69) is 4.72 Å². The number of fused-ring (bicyclic) bond motifs is 1. The highest BCUT2D eigenvalue weighted by Gasteiger charge is 2.38. The van der Waals surface area contributed by atoms with E-state index < -0.39 is 21.8 Å². The lowest BCUT2D eigenvalue weighted by atomic mass is 9.87. The third kappa shape index (κ3) is 4.30. The van der Waals surface area contributed by atoms with Gasteiger partial charge in [0, 0.05) is 0 Å². The fourth-order valence-electron chi connectivity index (χ4n) is 3.82. The zero-order valence-electron chi connectivity index (χ0n) is 19.0. The number of hydrogen-bond acceptors (Lipinski definition) is 5. The van der Waals surface area contributed by atoms with Gasteiger partial charge in [-0.05, 0) is 52.9 Å². The van der Waals surface area contributed by atoms with Crippen LogP contribution in [-0.4, -0.2) is 25.1 Å². The highest BCUT2D eigenvalue weighted by molar-refractivity contribution is 7.92. The van der Waals surface area contributed by atoms with Crippen molar-refractivity contribution in [3.8, 4) is 6.07 Å². The Bertz CT molecular complexity index is 1450. The van der Waals surface area contributed by atoms with Crippen molar-refractivity contribution >= 4 is 27.5 Å². The van der Waals surface area contributed by atoms with Gasteiger partial charge in [-0.15, -0.1) is 0 Å². The van der Waals surface area contributed by atoms with Gasteiger partial charge in [-0.25, -0.2) is 8.42 Å². The molecule has 0 aromatic heterocycles. The Morgan fingerprint density at radius 2 is 1.62 bits per heavy atom. The lowest BCUT2D eigenvalue weighted by molar-refractivity contribution is 0.0642. The average molecular weight is 474 g/mol. The van der Waals surface area contributed by atoms with Crippen LogP contribution in [0.5, 0.6) is 0 Å². The van der Waals surface area contributed by atoms with Crippen molar-refractivity contribution in [2.45, 2.75) is 37.6 Å². The topological polar surface area (TPSA) is 107 Å². The molecule has 0 fully saturated rings. The minimum Gasteiger partial charge on any atom is -0.279 e. The molecule has 1 heterocycles. The second-order valence-corrected chi connectivity index (χ2v) is 10.8. The van der Waals surface area contributed by atoms with Gasteiger partial charge in [-0.3, -0.25) is 19.2 Å². The van der Waals surface area contributed by atoms with Crippen LogP contribution in [0.4, 0.5) is 5.69 Å². The number of benzene rings is 3. The summed E-state index contributed by atoms with van der Waals surface area (Å²) in [4.78, 5) is 27.2. The number of nitrogens with zero attached hydrogens (tertiary/aromatic N) is 2. The molecule has 2 amide bonds. The average Bonchev–Trinajstić information content (AvgIpc) is 3.04. The van der Waals surface area contributed by atoms with Crippen molar-refractivity contribution in [1.82, 2.24) is 4.90 Å². The summed E-state index contributed by atoms with van der Waals surface area (Å²) in [5.74, 6) is -1.11. The van der Waals surface area contributed by atoms with Crippen LogP contribution >= 0.6 is 0 Å². The molecule has 172 valence electrons. The van der Waals surface area contributed by atoms with Crippen molar-refractivity contribution in [3.05, 3.63) is 94.5 Å². The zero-order chi connectivity index (χ0) is 24.7. The van der Waals surface area contributed by atoms with Crippen LogP contribution in [0.25, 0.3) is 0 Å². The van der Waals surface area contributed by atoms with Crippen LogP contribution in [0, 0.1) is 11.3 Å². The molecular weight excluding hydrogens is 450 g/mol. The SMILES string of the molecule is CC(C)(C)c1ccc(S(=O)(=O)Nc2cccc3c2C(=O)N(Cc2cccc(C#N)c2)C3=O)cc1. The number of imide groups is 1. The van der Waals surface area contributed by atoms with Gasteiger partial charge >= 0.3 is 0 Å². The first kappa shape index (κ1) is 23.2. The van der Waals surface area contributed by atoms with Gasteiger partial charge in [0.1, 0.15) is 0 Å². The quantitative estimate of drug-likeness (QED) is 0.551. The summed E-state index contributed by atoms with van der Waals surface area (Å²) in [6.07, 6.45) is 0. The van der Waals surface area contributed by atoms with E-state index in [1.165, 1.54) is 30.3 Å². The number of sulfonamides is 1. The Morgan fingerprint density at radius 1 is 0.941 bits per heavy atom. The maximum atomic E-state index is 13.2. The van der Waals surface area contributed by atoms with E-state index in [0.717, 1.165) is 10.5 Å². The van der Waals surface area contributed by atoms with Crippen LogP contribution < -0.4 is 4.72 Å². The molecule has 0 saturated carbocycles. The Hall–Kier alpha value is -3.96. The van der Waals surface area contributed by atoms with Crippen molar-refractivity contribution in [3.63, 3.8) is 0 Å². The third-order valence-corrected chi connectivity index (χ3v) is 7.05. The molecule has 0 spiro atoms. The fraction of sp³-hybridized carbons (Fsp3) is 0.192. The third-order valence-electron chi connectivity index (χ3n) is 5.67. The van der Waals surface area contributed by atoms with Gasteiger partial charge in [0.25, 0.3) is 21.8 Å². The Labute approximate surface area is 198 Å². The first-order valence-electron chi connectivity index (χ1n) is 10.6. The predicted octanol–water partition coefficient (Wildman–Crippen LogP) is 4.45. The van der Waals surface area contributed by atoms with E-state index in [1.54, 1.807) is 36.4 Å². The number of amides is 2. The molecule has 0 bridgehead atoms. The Kier molecular flexibility index (Phi) is 5.75. The van der Waals surface area contributed by atoms with Gasteiger partial charge in [-0.1, -0.05) is 51.1 Å². The van der Waals surface area contributed by atoms with Gasteiger partial charge in [0.05, 0.1) is 39.9 Å². The van der Waals surface area contributed by atoms with Crippen molar-refractivity contribution < 1.29 is 18.0 Å². The smallest absolute Gasteiger partial charge is 0.264 e. The van der Waals surface area contributed by atoms with Gasteiger partial charge < -0.3 is 0 Å². The number of nitrogens with one attached hydrogen (secondary N) is 1. The lowest BCUT2D eigenvalue weighted by Gasteiger charge is -2.19. The normalized spacial score (nSPS) is 13.5.